The molecule has 1 aromatic rings. The minimum absolute atomic E-state index is 0.0566. The second kappa shape index (κ2) is 4.66. The summed E-state index contributed by atoms with van der Waals surface area (Å²) in [5, 5.41) is 8.42. The summed E-state index contributed by atoms with van der Waals surface area (Å²) in [6.45, 7) is 4.77. The van der Waals surface area contributed by atoms with E-state index in [4.69, 9.17) is 15.6 Å². The predicted octanol–water partition coefficient (Wildman–Crippen LogP) is 0.896. The molecule has 0 saturated carbocycles. The third-order valence-electron chi connectivity index (χ3n) is 3.63. The second-order valence-electron chi connectivity index (χ2n) is 5.10. The van der Waals surface area contributed by atoms with Crippen LogP contribution >= 0.6 is 0 Å². The van der Waals surface area contributed by atoms with Gasteiger partial charge in [-0.1, -0.05) is 0 Å². The van der Waals surface area contributed by atoms with Crippen molar-refractivity contribution >= 4 is 21.4 Å². The molecular weight excluding hydrogens is 266 g/mol. The van der Waals surface area contributed by atoms with Crippen molar-refractivity contribution < 1.29 is 13.2 Å². The van der Waals surface area contributed by atoms with Gasteiger partial charge in [0, 0.05) is 12.3 Å². The summed E-state index contributed by atoms with van der Waals surface area (Å²) < 4.78 is 28.1. The normalized spacial score (nSPS) is 27.4. The summed E-state index contributed by atoms with van der Waals surface area (Å²) in [6, 6.07) is 4.65. The molecule has 106 valence electrons. The molecule has 0 aliphatic carbocycles. The number of benzene rings is 1. The first-order chi connectivity index (χ1) is 8.72. The first kappa shape index (κ1) is 14.1. The van der Waals surface area contributed by atoms with Gasteiger partial charge in [-0.3, -0.25) is 0 Å². The Morgan fingerprint density at radius 3 is 2.63 bits per heavy atom. The van der Waals surface area contributed by atoms with Crippen molar-refractivity contribution in [2.45, 2.75) is 36.8 Å². The van der Waals surface area contributed by atoms with Gasteiger partial charge in [0.2, 0.25) is 10.0 Å². The fraction of sp³-hybridized carbons (Fsp3) is 0.500. The van der Waals surface area contributed by atoms with Crippen LogP contribution in [0.3, 0.4) is 0 Å². The number of hydrogen-bond donors (Lipinski definition) is 3. The summed E-state index contributed by atoms with van der Waals surface area (Å²) >= 11 is 0. The van der Waals surface area contributed by atoms with Crippen LogP contribution in [0.5, 0.6) is 0 Å². The van der Waals surface area contributed by atoms with Crippen molar-refractivity contribution in [2.24, 2.45) is 5.14 Å². The van der Waals surface area contributed by atoms with Crippen molar-refractivity contribution in [1.82, 2.24) is 0 Å². The van der Waals surface area contributed by atoms with Gasteiger partial charge in [0.25, 0.3) is 0 Å². The van der Waals surface area contributed by atoms with E-state index in [1.165, 1.54) is 6.07 Å². The lowest BCUT2D eigenvalue weighted by Gasteiger charge is -2.30. The summed E-state index contributed by atoms with van der Waals surface area (Å²) in [6.07, 6.45) is 0.956. The van der Waals surface area contributed by atoms with Crippen LogP contribution in [0.4, 0.5) is 11.4 Å². The van der Waals surface area contributed by atoms with Crippen LogP contribution in [-0.2, 0) is 14.8 Å². The van der Waals surface area contributed by atoms with Crippen molar-refractivity contribution in [3.8, 4) is 0 Å². The van der Waals surface area contributed by atoms with Gasteiger partial charge in [-0.25, -0.2) is 13.6 Å². The van der Waals surface area contributed by atoms with Crippen LogP contribution in [0.15, 0.2) is 23.1 Å². The lowest BCUT2D eigenvalue weighted by molar-refractivity contribution is 0.105. The number of sulfonamides is 1. The van der Waals surface area contributed by atoms with Gasteiger partial charge in [-0.15, -0.1) is 0 Å². The Balaban J connectivity index is 2.26. The van der Waals surface area contributed by atoms with E-state index in [1.807, 2.05) is 6.92 Å². The molecule has 1 heterocycles. The lowest BCUT2D eigenvalue weighted by atomic mass is 9.94. The number of nitrogens with two attached hydrogens (primary N) is 2. The molecule has 0 amide bonds. The van der Waals surface area contributed by atoms with Crippen molar-refractivity contribution in [3.05, 3.63) is 18.2 Å². The van der Waals surface area contributed by atoms with E-state index in [-0.39, 0.29) is 22.2 Å². The Bertz CT molecular complexity index is 588. The zero-order valence-electron chi connectivity index (χ0n) is 11.0. The topological polar surface area (TPSA) is 107 Å². The largest absolute Gasteiger partial charge is 0.398 e. The van der Waals surface area contributed by atoms with Crippen molar-refractivity contribution in [2.75, 3.05) is 17.7 Å². The van der Waals surface area contributed by atoms with Gasteiger partial charge < -0.3 is 15.8 Å². The molecule has 2 atom stereocenters. The monoisotopic (exact) mass is 285 g/mol. The molecule has 1 fully saturated rings. The molecular formula is C12H19N3O3S. The standard InChI is InChI=1S/C12H19N3O3S/c1-8-12(2,5-6-18-8)15-9-3-4-11(10(13)7-9)19(14,16)17/h3-4,7-8,15H,5-6,13H2,1-2H3,(H2,14,16,17). The first-order valence-corrected chi connectivity index (χ1v) is 7.59. The fourth-order valence-electron chi connectivity index (χ4n) is 2.21. The molecule has 0 radical (unpaired) electrons. The minimum Gasteiger partial charge on any atom is -0.398 e. The quantitative estimate of drug-likeness (QED) is 0.715. The zero-order valence-corrected chi connectivity index (χ0v) is 11.8. The van der Waals surface area contributed by atoms with Gasteiger partial charge in [-0.05, 0) is 38.5 Å². The highest BCUT2D eigenvalue weighted by Crippen LogP contribution is 2.31. The average Bonchev–Trinajstić information content (AvgIpc) is 2.57. The molecule has 0 aromatic heterocycles. The fourth-order valence-corrected chi connectivity index (χ4v) is 2.86. The zero-order chi connectivity index (χ0) is 14.3. The molecule has 1 aliphatic rings. The molecule has 1 aromatic carbocycles. The van der Waals surface area contributed by atoms with Gasteiger partial charge in [0.1, 0.15) is 4.90 Å². The highest BCUT2D eigenvalue weighted by Gasteiger charge is 2.36. The number of nitrogens with one attached hydrogen (secondary N) is 1. The highest BCUT2D eigenvalue weighted by atomic mass is 32.2. The Kier molecular flexibility index (Phi) is 3.46. The number of rotatable bonds is 3. The number of ether oxygens (including phenoxy) is 1. The van der Waals surface area contributed by atoms with Gasteiger partial charge in [0.05, 0.1) is 17.3 Å². The van der Waals surface area contributed by atoms with Crippen LogP contribution < -0.4 is 16.2 Å². The Morgan fingerprint density at radius 1 is 1.47 bits per heavy atom. The third-order valence-corrected chi connectivity index (χ3v) is 4.62. The SMILES string of the molecule is CC1OCCC1(C)Nc1ccc(S(N)(=O)=O)c(N)c1. The number of primary sulfonamides is 1. The maximum absolute atomic E-state index is 11.3. The molecule has 19 heavy (non-hydrogen) atoms. The van der Waals surface area contributed by atoms with Crippen molar-refractivity contribution in [3.63, 3.8) is 0 Å². The number of hydrogen-bond acceptors (Lipinski definition) is 5. The van der Waals surface area contributed by atoms with Crippen LogP contribution in [-0.4, -0.2) is 26.7 Å². The van der Waals surface area contributed by atoms with Crippen LogP contribution in [0.2, 0.25) is 0 Å². The summed E-state index contributed by atoms with van der Waals surface area (Å²) in [5.41, 5.74) is 6.44. The molecule has 2 unspecified atom stereocenters. The molecule has 0 spiro atoms. The molecule has 7 heteroatoms. The molecule has 6 nitrogen and oxygen atoms in total. The van der Waals surface area contributed by atoms with E-state index in [1.54, 1.807) is 12.1 Å². The summed E-state index contributed by atoms with van der Waals surface area (Å²) in [5.74, 6) is 0. The van der Waals surface area contributed by atoms with Crippen molar-refractivity contribution in [1.29, 1.82) is 0 Å². The van der Waals surface area contributed by atoms with E-state index in [0.29, 0.717) is 6.61 Å². The van der Waals surface area contributed by atoms with E-state index < -0.39 is 10.0 Å². The highest BCUT2D eigenvalue weighted by molar-refractivity contribution is 7.89. The van der Waals surface area contributed by atoms with E-state index in [9.17, 15) is 8.42 Å². The lowest BCUT2D eigenvalue weighted by Crippen LogP contribution is -2.41. The number of anilines is 2. The summed E-state index contributed by atoms with van der Waals surface area (Å²) in [4.78, 5) is -0.0566. The second-order valence-corrected chi connectivity index (χ2v) is 6.63. The Morgan fingerprint density at radius 2 is 2.16 bits per heavy atom. The molecule has 1 saturated heterocycles. The van der Waals surface area contributed by atoms with Gasteiger partial charge in [0.15, 0.2) is 0 Å². The summed E-state index contributed by atoms with van der Waals surface area (Å²) in [7, 11) is -3.78. The van der Waals surface area contributed by atoms with Crippen LogP contribution in [0.25, 0.3) is 0 Å². The van der Waals surface area contributed by atoms with E-state index in [0.717, 1.165) is 12.1 Å². The maximum atomic E-state index is 11.3. The predicted molar refractivity (Wildman–Crippen MR) is 74.3 cm³/mol. The molecule has 5 N–H and O–H groups in total. The third kappa shape index (κ3) is 2.83. The van der Waals surface area contributed by atoms with E-state index in [2.05, 4.69) is 12.2 Å². The van der Waals surface area contributed by atoms with Gasteiger partial charge in [-0.2, -0.15) is 0 Å². The van der Waals surface area contributed by atoms with Gasteiger partial charge >= 0.3 is 0 Å². The van der Waals surface area contributed by atoms with Crippen LogP contribution in [0, 0.1) is 0 Å². The number of nitrogen functional groups attached to an aromatic ring is 1. The average molecular weight is 285 g/mol. The first-order valence-electron chi connectivity index (χ1n) is 6.04. The Labute approximate surface area is 113 Å². The molecule has 0 bridgehead atoms. The van der Waals surface area contributed by atoms with Crippen LogP contribution in [0.1, 0.15) is 20.3 Å². The Hall–Kier alpha value is -1.31. The maximum Gasteiger partial charge on any atom is 0.240 e. The molecule has 2 rings (SSSR count). The smallest absolute Gasteiger partial charge is 0.240 e. The minimum atomic E-state index is -3.78. The molecule has 1 aliphatic heterocycles. The van der Waals surface area contributed by atoms with E-state index >= 15 is 0 Å².